The minimum atomic E-state index is -7.67. The lowest BCUT2D eigenvalue weighted by Gasteiger charge is -2.36. The third-order valence-corrected chi connectivity index (χ3v) is 6.94. The van der Waals surface area contributed by atoms with E-state index >= 15 is 0 Å². The molecule has 0 fully saturated rings. The van der Waals surface area contributed by atoms with Crippen molar-refractivity contribution in [3.63, 3.8) is 0 Å². The van der Waals surface area contributed by atoms with Crippen LogP contribution in [0.2, 0.25) is 0 Å². The van der Waals surface area contributed by atoms with Crippen molar-refractivity contribution in [1.29, 1.82) is 0 Å². The molecule has 0 radical (unpaired) electrons. The van der Waals surface area contributed by atoms with Gasteiger partial charge in [-0.05, 0) is 51.0 Å². The first-order valence-corrected chi connectivity index (χ1v) is 15.0. The number of halogens is 14. The van der Waals surface area contributed by atoms with Gasteiger partial charge in [0.05, 0.1) is 25.2 Å². The molecular formula is C30H34F14N2O3. The van der Waals surface area contributed by atoms with Crippen molar-refractivity contribution in [2.24, 2.45) is 0 Å². The van der Waals surface area contributed by atoms with Gasteiger partial charge in [0, 0.05) is 12.2 Å². The fourth-order valence-corrected chi connectivity index (χ4v) is 4.09. The monoisotopic (exact) mass is 736 g/mol. The number of benzene rings is 1. The van der Waals surface area contributed by atoms with E-state index in [0.717, 1.165) is 30.4 Å². The lowest BCUT2D eigenvalue weighted by Crippen LogP contribution is -2.64. The van der Waals surface area contributed by atoms with E-state index in [1.807, 2.05) is 16.9 Å². The highest BCUT2D eigenvalue weighted by molar-refractivity contribution is 5.55. The molecule has 5 nitrogen and oxygen atoms in total. The highest BCUT2D eigenvalue weighted by Gasteiger charge is 2.84. The van der Waals surface area contributed by atoms with E-state index in [4.69, 9.17) is 4.74 Å². The quantitative estimate of drug-likeness (QED) is 0.0890. The van der Waals surface area contributed by atoms with Crippen LogP contribution in [0.3, 0.4) is 0 Å². The molecule has 0 N–H and O–H groups in total. The average molecular weight is 737 g/mol. The molecule has 280 valence electrons. The molecule has 2 rings (SSSR count). The normalized spacial score (nSPS) is 14.3. The summed E-state index contributed by atoms with van der Waals surface area (Å²) in [7, 11) is 0. The lowest BCUT2D eigenvalue weighted by atomic mass is 10.0. The van der Waals surface area contributed by atoms with Gasteiger partial charge in [-0.3, -0.25) is 0 Å². The summed E-state index contributed by atoms with van der Waals surface area (Å²) in [6.45, 7) is -1.06. The van der Waals surface area contributed by atoms with Crippen molar-refractivity contribution in [1.82, 2.24) is 9.97 Å². The Morgan fingerprint density at radius 3 is 1.78 bits per heavy atom. The topological polar surface area (TPSA) is 53.5 Å². The first-order valence-electron chi connectivity index (χ1n) is 15.0. The fourth-order valence-electron chi connectivity index (χ4n) is 4.09. The number of rotatable bonds is 22. The van der Waals surface area contributed by atoms with Gasteiger partial charge in [0.1, 0.15) is 6.61 Å². The van der Waals surface area contributed by atoms with Crippen LogP contribution in [0, 0.1) is 0 Å². The van der Waals surface area contributed by atoms with Gasteiger partial charge in [0.15, 0.2) is 11.6 Å². The van der Waals surface area contributed by atoms with Gasteiger partial charge < -0.3 is 9.47 Å². The molecule has 0 aliphatic rings. The molecule has 1 aromatic carbocycles. The van der Waals surface area contributed by atoms with Crippen molar-refractivity contribution in [3.05, 3.63) is 42.2 Å². The standard InChI is InChI=1S/C30H34F14N2O3/c1-20(31)9-5-4-8-16-48-23-17-45-24(46-18-23)22-13-11-21(12-14-22)10-6-2-3-7-15-47-19-25(32,33)29(41,42)49-30(43,44)27(36,37)26(34,35)28(38,39)40/h11-14,17-18,20H,2-10,15-16,19H2,1H3/t20-/m1/s1. The maximum Gasteiger partial charge on any atom is 0.460 e. The van der Waals surface area contributed by atoms with Crippen LogP contribution in [0.25, 0.3) is 11.4 Å². The predicted molar refractivity (Wildman–Crippen MR) is 147 cm³/mol. The Bertz CT molecular complexity index is 1260. The molecule has 19 heteroatoms. The first kappa shape index (κ1) is 42.2. The molecule has 0 aliphatic heterocycles. The van der Waals surface area contributed by atoms with Crippen LogP contribution in [0.4, 0.5) is 61.5 Å². The molecule has 1 heterocycles. The maximum absolute atomic E-state index is 13.7. The van der Waals surface area contributed by atoms with Crippen LogP contribution in [0.5, 0.6) is 5.75 Å². The molecule has 1 aromatic heterocycles. The average Bonchev–Trinajstić information content (AvgIpc) is 2.99. The second-order valence-electron chi connectivity index (χ2n) is 11.1. The highest BCUT2D eigenvalue weighted by Crippen LogP contribution is 2.55. The van der Waals surface area contributed by atoms with Crippen molar-refractivity contribution >= 4 is 0 Å². The van der Waals surface area contributed by atoms with Gasteiger partial charge in [-0.2, -0.15) is 57.1 Å². The Morgan fingerprint density at radius 1 is 0.653 bits per heavy atom. The number of nitrogens with zero attached hydrogens (tertiary/aromatic N) is 2. The zero-order chi connectivity index (χ0) is 37.2. The van der Waals surface area contributed by atoms with Gasteiger partial charge >= 0.3 is 36.2 Å². The number of hydrogen-bond acceptors (Lipinski definition) is 5. The number of aryl methyl sites for hydroxylation is 1. The Hall–Kier alpha value is -2.96. The van der Waals surface area contributed by atoms with E-state index in [1.165, 1.54) is 19.3 Å². The molecule has 0 bridgehead atoms. The molecule has 0 aliphatic carbocycles. The predicted octanol–water partition coefficient (Wildman–Crippen LogP) is 10.2. The fraction of sp³-hybridized carbons (Fsp3) is 0.667. The summed E-state index contributed by atoms with van der Waals surface area (Å²) in [4.78, 5) is 8.55. The number of ether oxygens (including phenoxy) is 3. The van der Waals surface area contributed by atoms with Crippen molar-refractivity contribution in [3.8, 4) is 17.1 Å². The SMILES string of the molecule is C[C@@H](F)CCCCCOc1cnc(-c2ccc(CCCCCCOCC(F)(F)C(F)(F)OC(F)(F)C(F)(F)C(F)(F)C(F)(F)F)cc2)nc1. The summed E-state index contributed by atoms with van der Waals surface area (Å²) in [6.07, 6.45) is -14.2. The Kier molecular flexibility index (Phi) is 14.9. The van der Waals surface area contributed by atoms with Gasteiger partial charge in [0.2, 0.25) is 0 Å². The smallest absolute Gasteiger partial charge is 0.460 e. The van der Waals surface area contributed by atoms with Crippen LogP contribution in [0.15, 0.2) is 36.7 Å². The minimum Gasteiger partial charge on any atom is -0.490 e. The summed E-state index contributed by atoms with van der Waals surface area (Å²) in [6, 6.07) is 7.25. The van der Waals surface area contributed by atoms with Gasteiger partial charge in [-0.25, -0.2) is 19.1 Å². The number of alkyl halides is 14. The second-order valence-corrected chi connectivity index (χ2v) is 11.1. The van der Waals surface area contributed by atoms with E-state index < -0.39 is 55.5 Å². The minimum absolute atomic E-state index is 0.00293. The Labute approximate surface area is 272 Å². The number of aromatic nitrogens is 2. The van der Waals surface area contributed by atoms with Crippen molar-refractivity contribution in [2.45, 2.75) is 107 Å². The highest BCUT2D eigenvalue weighted by atomic mass is 19.4. The second kappa shape index (κ2) is 17.3. The third-order valence-electron chi connectivity index (χ3n) is 6.94. The lowest BCUT2D eigenvalue weighted by molar-refractivity contribution is -0.503. The summed E-state index contributed by atoms with van der Waals surface area (Å²) in [5.74, 6) is -20.1. The van der Waals surface area contributed by atoms with Gasteiger partial charge in [0.25, 0.3) is 0 Å². The zero-order valence-corrected chi connectivity index (χ0v) is 25.9. The van der Waals surface area contributed by atoms with Crippen LogP contribution in [-0.4, -0.2) is 72.1 Å². The van der Waals surface area contributed by atoms with Crippen molar-refractivity contribution < 1.29 is 75.7 Å². The van der Waals surface area contributed by atoms with E-state index in [0.29, 0.717) is 50.3 Å². The molecule has 0 spiro atoms. The molecule has 0 saturated carbocycles. The molecule has 0 amide bonds. The first-order chi connectivity index (χ1) is 22.5. The molecule has 0 saturated heterocycles. The third kappa shape index (κ3) is 11.8. The van der Waals surface area contributed by atoms with E-state index in [2.05, 4.69) is 14.7 Å². The number of unbranched alkanes of at least 4 members (excludes halogenated alkanes) is 5. The summed E-state index contributed by atoms with van der Waals surface area (Å²) in [5, 5.41) is 0. The van der Waals surface area contributed by atoms with E-state index in [1.54, 1.807) is 12.1 Å². The van der Waals surface area contributed by atoms with E-state index in [9.17, 15) is 61.5 Å². The van der Waals surface area contributed by atoms with E-state index in [-0.39, 0.29) is 6.42 Å². The summed E-state index contributed by atoms with van der Waals surface area (Å²) < 4.78 is 194. The molecule has 49 heavy (non-hydrogen) atoms. The Balaban J connectivity index is 1.70. The van der Waals surface area contributed by atoms with Gasteiger partial charge in [-0.15, -0.1) is 0 Å². The number of hydrogen-bond donors (Lipinski definition) is 0. The van der Waals surface area contributed by atoms with Crippen molar-refractivity contribution in [2.75, 3.05) is 19.8 Å². The molecular weight excluding hydrogens is 702 g/mol. The summed E-state index contributed by atoms with van der Waals surface area (Å²) in [5.41, 5.74) is 1.66. The molecule has 2 aromatic rings. The van der Waals surface area contributed by atoms with Gasteiger partial charge in [-0.1, -0.05) is 43.5 Å². The maximum atomic E-state index is 13.7. The molecule has 0 unspecified atom stereocenters. The molecule has 1 atom stereocenters. The van der Waals surface area contributed by atoms with Crippen LogP contribution >= 0.6 is 0 Å². The zero-order valence-electron chi connectivity index (χ0n) is 25.9. The van der Waals surface area contributed by atoms with Crippen LogP contribution in [-0.2, 0) is 15.9 Å². The Morgan fingerprint density at radius 2 is 1.20 bits per heavy atom. The largest absolute Gasteiger partial charge is 0.490 e. The summed E-state index contributed by atoms with van der Waals surface area (Å²) >= 11 is 0. The van der Waals surface area contributed by atoms with Crippen LogP contribution in [0.1, 0.15) is 63.9 Å². The van der Waals surface area contributed by atoms with Crippen LogP contribution < -0.4 is 4.74 Å².